The van der Waals surface area contributed by atoms with Crippen molar-refractivity contribution in [1.29, 1.82) is 0 Å². The molecule has 2 aliphatic rings. The molecule has 22 heavy (non-hydrogen) atoms. The minimum absolute atomic E-state index is 0.00183. The summed E-state index contributed by atoms with van der Waals surface area (Å²) in [6.07, 6.45) is 0.801. The second-order valence-corrected chi connectivity index (χ2v) is 8.35. The van der Waals surface area contributed by atoms with Crippen LogP contribution < -0.4 is 0 Å². The van der Waals surface area contributed by atoms with Crippen LogP contribution in [0.1, 0.15) is 53.5 Å². The monoisotopic (exact) mass is 297 g/mol. The molecule has 1 unspecified atom stereocenters. The molecule has 1 aromatic rings. The second-order valence-electron chi connectivity index (χ2n) is 8.35. The molecule has 0 saturated heterocycles. The molecule has 1 atom stereocenters. The maximum Gasteiger partial charge on any atom is 0.170 e. The normalized spacial score (nSPS) is 31.2. The number of rotatable bonds is 1. The summed E-state index contributed by atoms with van der Waals surface area (Å²) >= 11 is 0. The van der Waals surface area contributed by atoms with E-state index in [9.17, 15) is 0 Å². The summed E-state index contributed by atoms with van der Waals surface area (Å²) in [5, 5.41) is 4.47. The zero-order valence-corrected chi connectivity index (χ0v) is 14.7. The number of hydrogen-bond acceptors (Lipinski definition) is 2. The Kier molecular flexibility index (Phi) is 2.96. The number of hydrogen-bond donors (Lipinski definition) is 0. The summed E-state index contributed by atoms with van der Waals surface area (Å²) in [5.74, 6) is 0. The predicted octanol–water partition coefficient (Wildman–Crippen LogP) is 5.20. The van der Waals surface area contributed by atoms with E-state index in [1.807, 2.05) is 18.2 Å². The largest absolute Gasteiger partial charge is 0.383 e. The first-order valence-corrected chi connectivity index (χ1v) is 8.08. The first kappa shape index (κ1) is 15.3. The Hall–Kier alpha value is -1.57. The molecule has 1 heterocycles. The smallest absolute Gasteiger partial charge is 0.170 e. The highest BCUT2D eigenvalue weighted by atomic mass is 16.7. The van der Waals surface area contributed by atoms with Gasteiger partial charge in [-0.25, -0.2) is 0 Å². The van der Waals surface area contributed by atoms with Gasteiger partial charge >= 0.3 is 0 Å². The standard InChI is InChI=1S/C20H27NO/c1-14-17(2,3)18(4,5)19(6,7)20(14)13-16(21-22-20)15-11-9-8-10-12-15/h8-12H,1,13H2,2-7H3. The number of benzene rings is 1. The van der Waals surface area contributed by atoms with Gasteiger partial charge in [0.15, 0.2) is 5.60 Å². The molecular weight excluding hydrogens is 270 g/mol. The average molecular weight is 297 g/mol. The van der Waals surface area contributed by atoms with E-state index >= 15 is 0 Å². The van der Waals surface area contributed by atoms with E-state index in [1.165, 1.54) is 5.57 Å². The molecule has 2 nitrogen and oxygen atoms in total. The molecule has 3 rings (SSSR count). The third-order valence-electron chi connectivity index (χ3n) is 7.21. The lowest BCUT2D eigenvalue weighted by Gasteiger charge is -2.46. The van der Waals surface area contributed by atoms with Gasteiger partial charge in [-0.1, -0.05) is 83.6 Å². The van der Waals surface area contributed by atoms with E-state index < -0.39 is 5.60 Å². The summed E-state index contributed by atoms with van der Waals surface area (Å²) in [4.78, 5) is 6.16. The molecular formula is C20H27NO. The third kappa shape index (κ3) is 1.53. The Morgan fingerprint density at radius 2 is 1.55 bits per heavy atom. The molecule has 0 amide bonds. The van der Waals surface area contributed by atoms with Crippen molar-refractivity contribution in [3.8, 4) is 0 Å². The summed E-state index contributed by atoms with van der Waals surface area (Å²) in [6.45, 7) is 18.3. The van der Waals surface area contributed by atoms with E-state index in [4.69, 9.17) is 4.84 Å². The van der Waals surface area contributed by atoms with Crippen molar-refractivity contribution in [3.05, 3.63) is 48.0 Å². The molecule has 1 saturated carbocycles. The second kappa shape index (κ2) is 4.24. The van der Waals surface area contributed by atoms with Crippen molar-refractivity contribution in [2.45, 2.75) is 53.6 Å². The highest BCUT2D eigenvalue weighted by Crippen LogP contribution is 2.71. The minimum atomic E-state index is -0.412. The topological polar surface area (TPSA) is 21.6 Å². The summed E-state index contributed by atoms with van der Waals surface area (Å²) in [6, 6.07) is 10.3. The molecule has 1 aromatic carbocycles. The van der Waals surface area contributed by atoms with E-state index in [0.717, 1.165) is 17.7 Å². The van der Waals surface area contributed by atoms with Gasteiger partial charge in [0.1, 0.15) is 0 Å². The van der Waals surface area contributed by atoms with Gasteiger partial charge in [-0.3, -0.25) is 0 Å². The summed E-state index contributed by atoms with van der Waals surface area (Å²) in [7, 11) is 0. The predicted molar refractivity (Wildman–Crippen MR) is 91.9 cm³/mol. The van der Waals surface area contributed by atoms with Crippen LogP contribution in [0.15, 0.2) is 47.6 Å². The van der Waals surface area contributed by atoms with Crippen LogP contribution in [-0.4, -0.2) is 11.3 Å². The molecule has 118 valence electrons. The number of oxime groups is 1. The third-order valence-corrected chi connectivity index (χ3v) is 7.21. The Labute approximate surface area is 134 Å². The highest BCUT2D eigenvalue weighted by Gasteiger charge is 2.72. The van der Waals surface area contributed by atoms with Crippen LogP contribution in [0, 0.1) is 16.2 Å². The van der Waals surface area contributed by atoms with Crippen LogP contribution in [0.3, 0.4) is 0 Å². The molecule has 2 heteroatoms. The van der Waals surface area contributed by atoms with Crippen LogP contribution in [0.2, 0.25) is 0 Å². The molecule has 0 aromatic heterocycles. The zero-order chi connectivity index (χ0) is 16.4. The van der Waals surface area contributed by atoms with Crippen molar-refractivity contribution in [2.24, 2.45) is 21.4 Å². The molecule has 0 radical (unpaired) electrons. The first-order valence-electron chi connectivity index (χ1n) is 8.08. The molecule has 0 N–H and O–H groups in total. The fraction of sp³-hybridized carbons (Fsp3) is 0.550. The van der Waals surface area contributed by atoms with E-state index in [1.54, 1.807) is 0 Å². The maximum atomic E-state index is 6.16. The zero-order valence-electron chi connectivity index (χ0n) is 14.7. The Bertz CT molecular complexity index is 652. The number of nitrogens with zero attached hydrogens (tertiary/aromatic N) is 1. The molecule has 1 spiro atoms. The SMILES string of the molecule is C=C1C(C)(C)C(C)(C)C(C)(C)C12CC(c1ccccc1)=NO2. The van der Waals surface area contributed by atoms with Gasteiger partial charge in [-0.2, -0.15) is 0 Å². The van der Waals surface area contributed by atoms with Crippen molar-refractivity contribution in [2.75, 3.05) is 0 Å². The summed E-state index contributed by atoms with van der Waals surface area (Å²) in [5.41, 5.74) is 2.95. The lowest BCUT2D eigenvalue weighted by atomic mass is 9.59. The van der Waals surface area contributed by atoms with Crippen LogP contribution in [0.25, 0.3) is 0 Å². The molecule has 1 fully saturated rings. The van der Waals surface area contributed by atoms with Gasteiger partial charge in [-0.05, 0) is 22.0 Å². The quantitative estimate of drug-likeness (QED) is 0.653. The van der Waals surface area contributed by atoms with E-state index in [-0.39, 0.29) is 16.2 Å². The maximum absolute atomic E-state index is 6.16. The van der Waals surface area contributed by atoms with Crippen LogP contribution in [0.4, 0.5) is 0 Å². The molecule has 1 aliphatic heterocycles. The minimum Gasteiger partial charge on any atom is -0.383 e. The van der Waals surface area contributed by atoms with Crippen molar-refractivity contribution < 1.29 is 4.84 Å². The fourth-order valence-corrected chi connectivity index (χ4v) is 4.26. The average Bonchev–Trinajstić information content (AvgIpc) is 2.95. The Balaban J connectivity index is 2.05. The Morgan fingerprint density at radius 3 is 2.05 bits per heavy atom. The highest BCUT2D eigenvalue weighted by molar-refractivity contribution is 6.02. The van der Waals surface area contributed by atoms with Crippen molar-refractivity contribution >= 4 is 5.71 Å². The van der Waals surface area contributed by atoms with Crippen LogP contribution in [0.5, 0.6) is 0 Å². The Morgan fingerprint density at radius 1 is 0.955 bits per heavy atom. The van der Waals surface area contributed by atoms with E-state index in [2.05, 4.69) is 65.4 Å². The van der Waals surface area contributed by atoms with Gasteiger partial charge in [0.2, 0.25) is 0 Å². The van der Waals surface area contributed by atoms with E-state index in [0.29, 0.717) is 0 Å². The van der Waals surface area contributed by atoms with Gasteiger partial charge in [0, 0.05) is 11.8 Å². The summed E-state index contributed by atoms with van der Waals surface area (Å²) < 4.78 is 0. The lowest BCUT2D eigenvalue weighted by molar-refractivity contribution is -0.0980. The van der Waals surface area contributed by atoms with Gasteiger partial charge < -0.3 is 4.84 Å². The fourth-order valence-electron chi connectivity index (χ4n) is 4.26. The molecule has 0 bridgehead atoms. The van der Waals surface area contributed by atoms with Gasteiger partial charge in [0.05, 0.1) is 5.71 Å². The molecule has 1 aliphatic carbocycles. The van der Waals surface area contributed by atoms with Gasteiger partial charge in [-0.15, -0.1) is 0 Å². The first-order chi connectivity index (χ1) is 10.1. The van der Waals surface area contributed by atoms with Gasteiger partial charge in [0.25, 0.3) is 0 Å². The lowest BCUT2D eigenvalue weighted by Crippen LogP contribution is -2.47. The van der Waals surface area contributed by atoms with Crippen LogP contribution in [-0.2, 0) is 4.84 Å². The van der Waals surface area contributed by atoms with Crippen molar-refractivity contribution in [1.82, 2.24) is 0 Å². The van der Waals surface area contributed by atoms with Crippen molar-refractivity contribution in [3.63, 3.8) is 0 Å². The van der Waals surface area contributed by atoms with Crippen LogP contribution >= 0.6 is 0 Å².